The van der Waals surface area contributed by atoms with Crippen molar-refractivity contribution in [2.75, 3.05) is 20.3 Å². The van der Waals surface area contributed by atoms with Gasteiger partial charge in [0.15, 0.2) is 5.65 Å². The first kappa shape index (κ1) is 17.2. The Bertz CT molecular complexity index is 974. The molecule has 7 nitrogen and oxygen atoms in total. The highest BCUT2D eigenvalue weighted by Crippen LogP contribution is 2.24. The number of hydrogen-bond acceptors (Lipinski definition) is 4. The van der Waals surface area contributed by atoms with Gasteiger partial charge in [0.2, 0.25) is 5.91 Å². The van der Waals surface area contributed by atoms with Gasteiger partial charge in [0.1, 0.15) is 6.04 Å². The fourth-order valence-corrected chi connectivity index (χ4v) is 3.08. The minimum Gasteiger partial charge on any atom is -0.385 e. The van der Waals surface area contributed by atoms with Crippen molar-refractivity contribution in [2.45, 2.75) is 26.3 Å². The molecule has 1 N–H and O–H groups in total. The number of aryl methyl sites for hydroxylation is 1. The standard InChI is InChI=1S/C18H22N4O3/c1-12-11-16(23)20-17-14-7-4-5-8-15(14)22(21(12)17)13(2)18(24)19-9-6-10-25-3/h4-5,7-8,11,13H,6,9-10H2,1-3H3,(H,19,24). The van der Waals surface area contributed by atoms with Gasteiger partial charge < -0.3 is 10.1 Å². The maximum absolute atomic E-state index is 12.6. The molecule has 0 aliphatic carbocycles. The Morgan fingerprint density at radius 1 is 1.36 bits per heavy atom. The molecule has 0 radical (unpaired) electrons. The molecule has 132 valence electrons. The second kappa shape index (κ2) is 7.06. The third-order valence-electron chi connectivity index (χ3n) is 4.26. The number of nitrogens with one attached hydrogen (secondary N) is 1. The average molecular weight is 342 g/mol. The van der Waals surface area contributed by atoms with Crippen molar-refractivity contribution in [3.05, 3.63) is 46.4 Å². The molecule has 0 aliphatic heterocycles. The minimum absolute atomic E-state index is 0.0862. The average Bonchev–Trinajstić information content (AvgIpc) is 2.93. The molecule has 25 heavy (non-hydrogen) atoms. The van der Waals surface area contributed by atoms with Crippen molar-refractivity contribution < 1.29 is 9.53 Å². The number of aromatic nitrogens is 3. The molecule has 0 saturated heterocycles. The number of carbonyl (C=O) groups excluding carboxylic acids is 1. The van der Waals surface area contributed by atoms with Gasteiger partial charge in [0, 0.05) is 37.4 Å². The molecule has 1 amide bonds. The molecular formula is C18H22N4O3. The number of methoxy groups -OCH3 is 1. The lowest BCUT2D eigenvalue weighted by Crippen LogP contribution is -2.33. The fourth-order valence-electron chi connectivity index (χ4n) is 3.08. The summed E-state index contributed by atoms with van der Waals surface area (Å²) < 4.78 is 8.73. The molecule has 0 spiro atoms. The number of hydrogen-bond donors (Lipinski definition) is 1. The Hall–Kier alpha value is -2.67. The van der Waals surface area contributed by atoms with E-state index in [2.05, 4.69) is 10.3 Å². The van der Waals surface area contributed by atoms with Crippen LogP contribution in [0.5, 0.6) is 0 Å². The zero-order valence-corrected chi connectivity index (χ0v) is 14.7. The highest BCUT2D eigenvalue weighted by Gasteiger charge is 2.21. The molecule has 0 fully saturated rings. The maximum Gasteiger partial charge on any atom is 0.273 e. The SMILES string of the molecule is COCCCNC(=O)C(C)n1c2ccccc2c2nc(=O)cc(C)n21. The number of benzene rings is 1. The van der Waals surface area contributed by atoms with Gasteiger partial charge in [-0.1, -0.05) is 12.1 Å². The third kappa shape index (κ3) is 3.15. The second-order valence-electron chi connectivity index (χ2n) is 6.05. The summed E-state index contributed by atoms with van der Waals surface area (Å²) in [6, 6.07) is 8.68. The Kier molecular flexibility index (Phi) is 4.85. The van der Waals surface area contributed by atoms with Gasteiger partial charge in [-0.25, -0.2) is 4.52 Å². The Morgan fingerprint density at radius 2 is 2.12 bits per heavy atom. The summed E-state index contributed by atoms with van der Waals surface area (Å²) in [6.07, 6.45) is 0.759. The summed E-state index contributed by atoms with van der Waals surface area (Å²) in [5.41, 5.74) is 1.89. The first-order valence-corrected chi connectivity index (χ1v) is 8.31. The highest BCUT2D eigenvalue weighted by molar-refractivity contribution is 5.94. The molecule has 7 heteroatoms. The van der Waals surface area contributed by atoms with Gasteiger partial charge in [-0.15, -0.1) is 0 Å². The van der Waals surface area contributed by atoms with E-state index in [4.69, 9.17) is 4.74 Å². The minimum atomic E-state index is -0.451. The van der Waals surface area contributed by atoms with Gasteiger partial charge >= 0.3 is 0 Å². The predicted molar refractivity (Wildman–Crippen MR) is 95.9 cm³/mol. The van der Waals surface area contributed by atoms with Crippen LogP contribution in [0.1, 0.15) is 25.1 Å². The molecule has 0 bridgehead atoms. The highest BCUT2D eigenvalue weighted by atomic mass is 16.5. The van der Waals surface area contributed by atoms with Gasteiger partial charge in [0.05, 0.1) is 5.52 Å². The summed E-state index contributed by atoms with van der Waals surface area (Å²) in [5.74, 6) is -0.0862. The Morgan fingerprint density at radius 3 is 2.88 bits per heavy atom. The number of amides is 1. The van der Waals surface area contributed by atoms with Gasteiger partial charge in [-0.2, -0.15) is 4.98 Å². The molecule has 0 saturated carbocycles. The summed E-state index contributed by atoms with van der Waals surface area (Å²) >= 11 is 0. The van der Waals surface area contributed by atoms with Crippen LogP contribution < -0.4 is 10.9 Å². The maximum atomic E-state index is 12.6. The number of ether oxygens (including phenoxy) is 1. The van der Waals surface area contributed by atoms with Crippen molar-refractivity contribution in [1.29, 1.82) is 0 Å². The lowest BCUT2D eigenvalue weighted by molar-refractivity contribution is -0.124. The lowest BCUT2D eigenvalue weighted by Gasteiger charge is -2.18. The van der Waals surface area contributed by atoms with E-state index >= 15 is 0 Å². The molecule has 3 aromatic rings. The Balaban J connectivity index is 2.08. The predicted octanol–water partition coefficient (Wildman–Crippen LogP) is 1.67. The summed E-state index contributed by atoms with van der Waals surface area (Å²) in [7, 11) is 1.64. The van der Waals surface area contributed by atoms with Crippen LogP contribution in [0.15, 0.2) is 35.1 Å². The van der Waals surface area contributed by atoms with Crippen LogP contribution in [-0.2, 0) is 9.53 Å². The van der Waals surface area contributed by atoms with E-state index in [9.17, 15) is 9.59 Å². The van der Waals surface area contributed by atoms with E-state index in [0.717, 1.165) is 23.0 Å². The van der Waals surface area contributed by atoms with E-state index in [1.165, 1.54) is 6.07 Å². The van der Waals surface area contributed by atoms with Crippen LogP contribution in [-0.4, -0.2) is 40.3 Å². The van der Waals surface area contributed by atoms with Crippen molar-refractivity contribution in [1.82, 2.24) is 19.5 Å². The van der Waals surface area contributed by atoms with Crippen LogP contribution in [0.2, 0.25) is 0 Å². The number of carbonyl (C=O) groups is 1. The smallest absolute Gasteiger partial charge is 0.273 e. The van der Waals surface area contributed by atoms with E-state index in [-0.39, 0.29) is 11.5 Å². The van der Waals surface area contributed by atoms with Crippen molar-refractivity contribution in [3.63, 3.8) is 0 Å². The summed E-state index contributed by atoms with van der Waals surface area (Å²) in [5, 5.41) is 3.78. The van der Waals surface area contributed by atoms with Crippen LogP contribution >= 0.6 is 0 Å². The Labute approximate surface area is 145 Å². The van der Waals surface area contributed by atoms with E-state index in [1.807, 2.05) is 47.3 Å². The van der Waals surface area contributed by atoms with Gasteiger partial charge in [0.25, 0.3) is 5.56 Å². The topological polar surface area (TPSA) is 77.6 Å². The summed E-state index contributed by atoms with van der Waals surface area (Å²) in [4.78, 5) is 28.6. The number of rotatable bonds is 6. The monoisotopic (exact) mass is 342 g/mol. The largest absolute Gasteiger partial charge is 0.385 e. The van der Waals surface area contributed by atoms with Crippen LogP contribution in [0.4, 0.5) is 0 Å². The second-order valence-corrected chi connectivity index (χ2v) is 6.05. The zero-order chi connectivity index (χ0) is 18.0. The molecule has 2 heterocycles. The number of nitrogens with zero attached hydrogens (tertiary/aromatic N) is 3. The summed E-state index contributed by atoms with van der Waals surface area (Å²) in [6.45, 7) is 4.85. The molecule has 2 aromatic heterocycles. The van der Waals surface area contributed by atoms with Crippen molar-refractivity contribution in [2.24, 2.45) is 0 Å². The molecule has 0 aliphatic rings. The van der Waals surface area contributed by atoms with E-state index in [0.29, 0.717) is 18.8 Å². The van der Waals surface area contributed by atoms with E-state index in [1.54, 1.807) is 7.11 Å². The first-order valence-electron chi connectivity index (χ1n) is 8.31. The zero-order valence-electron chi connectivity index (χ0n) is 14.7. The van der Waals surface area contributed by atoms with Crippen LogP contribution in [0.25, 0.3) is 16.6 Å². The van der Waals surface area contributed by atoms with Gasteiger partial charge in [-0.3, -0.25) is 14.3 Å². The van der Waals surface area contributed by atoms with Gasteiger partial charge in [-0.05, 0) is 32.4 Å². The van der Waals surface area contributed by atoms with Crippen molar-refractivity contribution in [3.8, 4) is 0 Å². The molecular weight excluding hydrogens is 320 g/mol. The lowest BCUT2D eigenvalue weighted by atomic mass is 10.2. The third-order valence-corrected chi connectivity index (χ3v) is 4.26. The molecule has 1 aromatic carbocycles. The molecule has 1 unspecified atom stereocenters. The van der Waals surface area contributed by atoms with Crippen LogP contribution in [0.3, 0.4) is 0 Å². The quantitative estimate of drug-likeness (QED) is 0.691. The number of fused-ring (bicyclic) bond motifs is 3. The normalized spacial score (nSPS) is 12.6. The van der Waals surface area contributed by atoms with Crippen molar-refractivity contribution >= 4 is 22.5 Å². The molecule has 1 atom stereocenters. The first-order chi connectivity index (χ1) is 12.0. The van der Waals surface area contributed by atoms with Crippen LogP contribution in [0, 0.1) is 6.92 Å². The number of para-hydroxylation sites is 1. The fraction of sp³-hybridized carbons (Fsp3) is 0.389. The van der Waals surface area contributed by atoms with E-state index < -0.39 is 6.04 Å². The molecule has 3 rings (SSSR count).